The van der Waals surface area contributed by atoms with Gasteiger partial charge in [-0.3, -0.25) is 0 Å². The van der Waals surface area contributed by atoms with Crippen LogP contribution in [0.1, 0.15) is 23.3 Å². The van der Waals surface area contributed by atoms with E-state index in [-0.39, 0.29) is 0 Å². The molecule has 0 radical (unpaired) electrons. The molecule has 1 aromatic carbocycles. The molecule has 1 nitrogen and oxygen atoms in total. The van der Waals surface area contributed by atoms with Gasteiger partial charge in [-0.15, -0.1) is 11.3 Å². The van der Waals surface area contributed by atoms with Crippen molar-refractivity contribution in [2.24, 2.45) is 0 Å². The van der Waals surface area contributed by atoms with E-state index in [1.165, 1.54) is 17.0 Å². The average molecular weight is 295 g/mol. The molecular formula is C16H19F2NS. The smallest absolute Gasteiger partial charge is 0.159 e. The molecule has 1 unspecified atom stereocenters. The molecule has 0 fully saturated rings. The predicted molar refractivity (Wildman–Crippen MR) is 80.2 cm³/mol. The van der Waals surface area contributed by atoms with Crippen LogP contribution in [-0.4, -0.2) is 13.1 Å². The van der Waals surface area contributed by atoms with Gasteiger partial charge >= 0.3 is 0 Å². The molecule has 0 saturated heterocycles. The maximum absolute atomic E-state index is 13.2. The molecular weight excluding hydrogens is 276 g/mol. The first-order valence-corrected chi connectivity index (χ1v) is 7.70. The van der Waals surface area contributed by atoms with Crippen LogP contribution in [0.25, 0.3) is 0 Å². The Kier molecular flexibility index (Phi) is 5.68. The minimum absolute atomic E-state index is 0.292. The Labute approximate surface area is 122 Å². The molecule has 0 saturated carbocycles. The van der Waals surface area contributed by atoms with Crippen molar-refractivity contribution in [3.63, 3.8) is 0 Å². The quantitative estimate of drug-likeness (QED) is 0.808. The van der Waals surface area contributed by atoms with Crippen molar-refractivity contribution in [2.45, 2.75) is 31.7 Å². The highest BCUT2D eigenvalue weighted by atomic mass is 32.1. The van der Waals surface area contributed by atoms with Crippen molar-refractivity contribution in [1.29, 1.82) is 0 Å². The number of likely N-dealkylation sites (N-methyl/N-ethyl adjacent to an activating group) is 1. The van der Waals surface area contributed by atoms with Crippen LogP contribution in [0.15, 0.2) is 35.7 Å². The lowest BCUT2D eigenvalue weighted by Crippen LogP contribution is -2.27. The van der Waals surface area contributed by atoms with E-state index in [2.05, 4.69) is 22.8 Å². The normalized spacial score (nSPS) is 12.6. The predicted octanol–water partition coefficient (Wildman–Crippen LogP) is 4.18. The molecule has 108 valence electrons. The van der Waals surface area contributed by atoms with Crippen LogP contribution in [-0.2, 0) is 12.8 Å². The fraction of sp³-hybridized carbons (Fsp3) is 0.375. The van der Waals surface area contributed by atoms with E-state index in [4.69, 9.17) is 0 Å². The number of nitrogens with one attached hydrogen (secondary N) is 1. The summed E-state index contributed by atoms with van der Waals surface area (Å²) >= 11 is 1.78. The van der Waals surface area contributed by atoms with Crippen molar-refractivity contribution in [3.8, 4) is 0 Å². The van der Waals surface area contributed by atoms with Crippen molar-refractivity contribution < 1.29 is 8.78 Å². The third-order valence-electron chi connectivity index (χ3n) is 3.43. The molecule has 2 rings (SSSR count). The molecule has 1 N–H and O–H groups in total. The number of benzene rings is 1. The van der Waals surface area contributed by atoms with Gasteiger partial charge in [0.1, 0.15) is 0 Å². The molecule has 1 atom stereocenters. The van der Waals surface area contributed by atoms with Gasteiger partial charge in [-0.05, 0) is 61.9 Å². The summed E-state index contributed by atoms with van der Waals surface area (Å²) in [5.41, 5.74) is 0.833. The number of hydrogen-bond acceptors (Lipinski definition) is 2. The highest BCUT2D eigenvalue weighted by Crippen LogP contribution is 2.15. The number of hydrogen-bond donors (Lipinski definition) is 1. The van der Waals surface area contributed by atoms with E-state index in [1.807, 2.05) is 7.05 Å². The second-order valence-corrected chi connectivity index (χ2v) is 5.94. The molecule has 2 aromatic rings. The molecule has 0 aliphatic rings. The topological polar surface area (TPSA) is 12.0 Å². The number of rotatable bonds is 7. The van der Waals surface area contributed by atoms with E-state index in [0.29, 0.717) is 6.04 Å². The first-order chi connectivity index (χ1) is 9.69. The van der Waals surface area contributed by atoms with Gasteiger partial charge in [-0.25, -0.2) is 8.78 Å². The maximum Gasteiger partial charge on any atom is 0.159 e. The molecule has 1 heterocycles. The van der Waals surface area contributed by atoms with Gasteiger partial charge < -0.3 is 5.32 Å². The molecule has 0 bridgehead atoms. The van der Waals surface area contributed by atoms with Crippen LogP contribution in [0.3, 0.4) is 0 Å². The van der Waals surface area contributed by atoms with E-state index in [9.17, 15) is 8.78 Å². The zero-order valence-electron chi connectivity index (χ0n) is 11.5. The van der Waals surface area contributed by atoms with E-state index in [1.54, 1.807) is 17.4 Å². The average Bonchev–Trinajstić information content (AvgIpc) is 2.95. The van der Waals surface area contributed by atoms with Gasteiger partial charge in [0.25, 0.3) is 0 Å². The van der Waals surface area contributed by atoms with Crippen molar-refractivity contribution in [2.75, 3.05) is 7.05 Å². The molecule has 0 amide bonds. The van der Waals surface area contributed by atoms with Crippen LogP contribution >= 0.6 is 11.3 Å². The second-order valence-electron chi connectivity index (χ2n) is 4.91. The molecule has 0 aliphatic carbocycles. The summed E-state index contributed by atoms with van der Waals surface area (Å²) < 4.78 is 26.1. The summed E-state index contributed by atoms with van der Waals surface area (Å²) in [7, 11) is 1.91. The van der Waals surface area contributed by atoms with Gasteiger partial charge in [-0.1, -0.05) is 12.1 Å². The van der Waals surface area contributed by atoms with Gasteiger partial charge in [0.2, 0.25) is 0 Å². The Balaban J connectivity index is 1.83. The summed E-state index contributed by atoms with van der Waals surface area (Å²) in [4.78, 5) is 1.40. The lowest BCUT2D eigenvalue weighted by Gasteiger charge is -2.16. The van der Waals surface area contributed by atoms with Gasteiger partial charge in [0, 0.05) is 10.9 Å². The Bertz CT molecular complexity index is 525. The van der Waals surface area contributed by atoms with Gasteiger partial charge in [0.05, 0.1) is 0 Å². The number of thiophene rings is 1. The molecule has 0 aliphatic heterocycles. The highest BCUT2D eigenvalue weighted by Gasteiger charge is 2.09. The highest BCUT2D eigenvalue weighted by molar-refractivity contribution is 7.09. The third-order valence-corrected chi connectivity index (χ3v) is 4.37. The van der Waals surface area contributed by atoms with Crippen LogP contribution < -0.4 is 5.32 Å². The first-order valence-electron chi connectivity index (χ1n) is 6.82. The van der Waals surface area contributed by atoms with Gasteiger partial charge in [0.15, 0.2) is 11.6 Å². The zero-order valence-corrected chi connectivity index (χ0v) is 12.4. The van der Waals surface area contributed by atoms with Crippen molar-refractivity contribution in [3.05, 3.63) is 57.8 Å². The summed E-state index contributed by atoms with van der Waals surface area (Å²) in [6.45, 7) is 0. The Morgan fingerprint density at radius 2 is 2.05 bits per heavy atom. The monoisotopic (exact) mass is 295 g/mol. The standard InChI is InChI=1S/C16H19F2NS/c1-19-13(4-2-5-14-6-3-9-20-14)10-12-7-8-15(17)16(18)11-12/h3,6-9,11,13,19H,2,4-5,10H2,1H3. The Morgan fingerprint density at radius 1 is 1.20 bits per heavy atom. The molecule has 20 heavy (non-hydrogen) atoms. The van der Waals surface area contributed by atoms with Gasteiger partial charge in [-0.2, -0.15) is 0 Å². The Morgan fingerprint density at radius 3 is 2.70 bits per heavy atom. The number of halogens is 2. The summed E-state index contributed by atoms with van der Waals surface area (Å²) in [5, 5.41) is 5.34. The zero-order chi connectivity index (χ0) is 14.4. The lowest BCUT2D eigenvalue weighted by molar-refractivity contribution is 0.490. The van der Waals surface area contributed by atoms with E-state index < -0.39 is 11.6 Å². The summed E-state index contributed by atoms with van der Waals surface area (Å²) in [6, 6.07) is 8.65. The molecule has 4 heteroatoms. The maximum atomic E-state index is 13.2. The van der Waals surface area contributed by atoms with E-state index in [0.717, 1.165) is 31.2 Å². The minimum Gasteiger partial charge on any atom is -0.317 e. The summed E-state index contributed by atoms with van der Waals surface area (Å²) in [6.07, 6.45) is 3.91. The SMILES string of the molecule is CNC(CCCc1cccs1)Cc1ccc(F)c(F)c1. The third kappa shape index (κ3) is 4.39. The Hall–Kier alpha value is -1.26. The summed E-state index contributed by atoms with van der Waals surface area (Å²) in [5.74, 6) is -1.55. The first kappa shape index (κ1) is 15.1. The largest absolute Gasteiger partial charge is 0.317 e. The minimum atomic E-state index is -0.785. The molecule has 1 aromatic heterocycles. The van der Waals surface area contributed by atoms with Crippen molar-refractivity contribution >= 4 is 11.3 Å². The fourth-order valence-electron chi connectivity index (χ4n) is 2.28. The number of aryl methyl sites for hydroxylation is 1. The van der Waals surface area contributed by atoms with E-state index >= 15 is 0 Å². The van der Waals surface area contributed by atoms with Crippen LogP contribution in [0.2, 0.25) is 0 Å². The van der Waals surface area contributed by atoms with Crippen LogP contribution in [0, 0.1) is 11.6 Å². The van der Waals surface area contributed by atoms with Crippen molar-refractivity contribution in [1.82, 2.24) is 5.32 Å². The fourth-order valence-corrected chi connectivity index (χ4v) is 3.03. The molecule has 0 spiro atoms. The van der Waals surface area contributed by atoms with Crippen LogP contribution in [0.5, 0.6) is 0 Å². The second kappa shape index (κ2) is 7.50. The lowest BCUT2D eigenvalue weighted by atomic mass is 10.0. The van der Waals surface area contributed by atoms with Crippen LogP contribution in [0.4, 0.5) is 8.78 Å².